The van der Waals surface area contributed by atoms with Gasteiger partial charge in [0.2, 0.25) is 0 Å². The summed E-state index contributed by atoms with van der Waals surface area (Å²) in [6.45, 7) is 2.22. The van der Waals surface area contributed by atoms with E-state index in [0.717, 1.165) is 24.9 Å². The minimum absolute atomic E-state index is 0.609. The minimum atomic E-state index is 0.609. The molecular weight excluding hydrogens is 200 g/mol. The predicted octanol–water partition coefficient (Wildman–Crippen LogP) is 1.20. The Hall–Kier alpha value is -1.16. The van der Waals surface area contributed by atoms with Crippen LogP contribution in [0.2, 0.25) is 0 Å². The molecule has 1 saturated heterocycles. The largest absolute Gasteiger partial charge is 0.351 e. The molecule has 1 aliphatic carbocycles. The molecular formula is C12H18N4. The normalized spacial score (nSPS) is 25.0. The van der Waals surface area contributed by atoms with E-state index in [9.17, 15) is 0 Å². The van der Waals surface area contributed by atoms with Crippen LogP contribution in [0.4, 0.5) is 5.82 Å². The maximum atomic E-state index is 4.39. The van der Waals surface area contributed by atoms with Crippen LogP contribution in [0.1, 0.15) is 25.7 Å². The summed E-state index contributed by atoms with van der Waals surface area (Å²) in [6, 6.07) is 1.40. The van der Waals surface area contributed by atoms with Gasteiger partial charge < -0.3 is 10.2 Å². The molecule has 1 aromatic heterocycles. The summed E-state index contributed by atoms with van der Waals surface area (Å²) in [6.07, 6.45) is 10.6. The van der Waals surface area contributed by atoms with Gasteiger partial charge in [-0.15, -0.1) is 0 Å². The van der Waals surface area contributed by atoms with Crippen LogP contribution in [0.15, 0.2) is 18.6 Å². The molecule has 1 unspecified atom stereocenters. The Morgan fingerprint density at radius 1 is 1.31 bits per heavy atom. The lowest BCUT2D eigenvalue weighted by Gasteiger charge is -2.25. The van der Waals surface area contributed by atoms with E-state index in [1.807, 2.05) is 6.20 Å². The molecule has 86 valence electrons. The maximum absolute atomic E-state index is 4.39. The molecule has 0 bridgehead atoms. The fourth-order valence-corrected chi connectivity index (χ4v) is 2.38. The summed E-state index contributed by atoms with van der Waals surface area (Å²) in [7, 11) is 0. The minimum Gasteiger partial charge on any atom is -0.351 e. The van der Waals surface area contributed by atoms with E-state index in [4.69, 9.17) is 0 Å². The highest BCUT2D eigenvalue weighted by atomic mass is 15.2. The van der Waals surface area contributed by atoms with E-state index < -0.39 is 0 Å². The zero-order valence-corrected chi connectivity index (χ0v) is 9.47. The highest BCUT2D eigenvalue weighted by Gasteiger charge is 2.28. The van der Waals surface area contributed by atoms with Crippen molar-refractivity contribution in [2.75, 3.05) is 18.0 Å². The standard InChI is InChI=1S/C12H18N4/c1-2-11(8-15-10-3-4-10)16(7-1)12-9-13-5-6-14-12/h5-6,9-11,15H,1-4,7-8H2. The van der Waals surface area contributed by atoms with Crippen molar-refractivity contribution in [1.29, 1.82) is 0 Å². The van der Waals surface area contributed by atoms with Crippen molar-refractivity contribution in [3.05, 3.63) is 18.6 Å². The second kappa shape index (κ2) is 4.37. The molecule has 0 spiro atoms. The molecule has 1 atom stereocenters. The molecule has 1 aromatic rings. The van der Waals surface area contributed by atoms with Gasteiger partial charge in [-0.1, -0.05) is 0 Å². The number of nitrogens with zero attached hydrogens (tertiary/aromatic N) is 3. The third kappa shape index (κ3) is 2.16. The van der Waals surface area contributed by atoms with Crippen LogP contribution in [0.25, 0.3) is 0 Å². The Morgan fingerprint density at radius 2 is 2.25 bits per heavy atom. The molecule has 3 rings (SSSR count). The Bertz CT molecular complexity index is 336. The second-order valence-electron chi connectivity index (χ2n) is 4.74. The number of hydrogen-bond acceptors (Lipinski definition) is 4. The molecule has 4 nitrogen and oxygen atoms in total. The van der Waals surface area contributed by atoms with E-state index in [1.54, 1.807) is 12.4 Å². The first-order valence-electron chi connectivity index (χ1n) is 6.19. The number of rotatable bonds is 4. The van der Waals surface area contributed by atoms with E-state index in [2.05, 4.69) is 20.2 Å². The monoisotopic (exact) mass is 218 g/mol. The lowest BCUT2D eigenvalue weighted by Crippen LogP contribution is -2.39. The topological polar surface area (TPSA) is 41.1 Å². The predicted molar refractivity (Wildman–Crippen MR) is 63.4 cm³/mol. The van der Waals surface area contributed by atoms with Crippen LogP contribution in [-0.2, 0) is 0 Å². The van der Waals surface area contributed by atoms with Crippen LogP contribution in [-0.4, -0.2) is 35.1 Å². The van der Waals surface area contributed by atoms with Crippen molar-refractivity contribution in [3.8, 4) is 0 Å². The summed E-state index contributed by atoms with van der Waals surface area (Å²) in [5, 5.41) is 3.61. The molecule has 2 fully saturated rings. The third-order valence-electron chi connectivity index (χ3n) is 3.44. The van der Waals surface area contributed by atoms with Crippen LogP contribution in [0.3, 0.4) is 0 Å². The van der Waals surface area contributed by atoms with E-state index in [1.165, 1.54) is 25.7 Å². The number of hydrogen-bond donors (Lipinski definition) is 1. The molecule has 0 amide bonds. The quantitative estimate of drug-likeness (QED) is 0.824. The van der Waals surface area contributed by atoms with Gasteiger partial charge in [0.1, 0.15) is 5.82 Å². The van der Waals surface area contributed by atoms with Gasteiger partial charge in [-0.2, -0.15) is 0 Å². The SMILES string of the molecule is c1cnc(N2CCCC2CNC2CC2)cn1. The van der Waals surface area contributed by atoms with Crippen LogP contribution >= 0.6 is 0 Å². The third-order valence-corrected chi connectivity index (χ3v) is 3.44. The molecule has 0 aromatic carbocycles. The van der Waals surface area contributed by atoms with Crippen molar-refractivity contribution < 1.29 is 0 Å². The summed E-state index contributed by atoms with van der Waals surface area (Å²) in [4.78, 5) is 10.9. The summed E-state index contributed by atoms with van der Waals surface area (Å²) in [5.74, 6) is 1.03. The van der Waals surface area contributed by atoms with Gasteiger partial charge in [-0.3, -0.25) is 4.98 Å². The molecule has 1 N–H and O–H groups in total. The van der Waals surface area contributed by atoms with Crippen LogP contribution < -0.4 is 10.2 Å². The second-order valence-corrected chi connectivity index (χ2v) is 4.74. The first-order valence-corrected chi connectivity index (χ1v) is 6.19. The van der Waals surface area contributed by atoms with Gasteiger partial charge in [0.15, 0.2) is 0 Å². The van der Waals surface area contributed by atoms with Crippen molar-refractivity contribution in [2.45, 2.75) is 37.8 Å². The number of anilines is 1. The van der Waals surface area contributed by atoms with Crippen molar-refractivity contribution in [1.82, 2.24) is 15.3 Å². The number of nitrogens with one attached hydrogen (secondary N) is 1. The highest BCUT2D eigenvalue weighted by molar-refractivity contribution is 5.38. The number of aromatic nitrogens is 2. The summed E-state index contributed by atoms with van der Waals surface area (Å²) in [5.41, 5.74) is 0. The van der Waals surface area contributed by atoms with Crippen LogP contribution in [0.5, 0.6) is 0 Å². The Balaban J connectivity index is 1.63. The molecule has 1 aliphatic heterocycles. The Kier molecular flexibility index (Phi) is 2.74. The van der Waals surface area contributed by atoms with Crippen molar-refractivity contribution >= 4 is 5.82 Å². The van der Waals surface area contributed by atoms with Gasteiger partial charge in [0.25, 0.3) is 0 Å². The molecule has 4 heteroatoms. The lowest BCUT2D eigenvalue weighted by atomic mass is 10.2. The van der Waals surface area contributed by atoms with E-state index in [-0.39, 0.29) is 0 Å². The van der Waals surface area contributed by atoms with Gasteiger partial charge in [-0.05, 0) is 25.7 Å². The zero-order valence-electron chi connectivity index (χ0n) is 9.47. The fraction of sp³-hybridized carbons (Fsp3) is 0.667. The molecule has 0 radical (unpaired) electrons. The van der Waals surface area contributed by atoms with E-state index >= 15 is 0 Å². The summed E-state index contributed by atoms with van der Waals surface area (Å²) >= 11 is 0. The van der Waals surface area contributed by atoms with Gasteiger partial charge in [-0.25, -0.2) is 4.98 Å². The fourth-order valence-electron chi connectivity index (χ4n) is 2.38. The van der Waals surface area contributed by atoms with Gasteiger partial charge in [0.05, 0.1) is 6.20 Å². The van der Waals surface area contributed by atoms with Crippen LogP contribution in [0, 0.1) is 0 Å². The zero-order chi connectivity index (χ0) is 10.8. The van der Waals surface area contributed by atoms with Crippen molar-refractivity contribution in [2.24, 2.45) is 0 Å². The highest BCUT2D eigenvalue weighted by Crippen LogP contribution is 2.24. The Morgan fingerprint density at radius 3 is 3.00 bits per heavy atom. The van der Waals surface area contributed by atoms with E-state index in [0.29, 0.717) is 6.04 Å². The smallest absolute Gasteiger partial charge is 0.147 e. The molecule has 2 aliphatic rings. The first-order chi connectivity index (χ1) is 7.93. The summed E-state index contributed by atoms with van der Waals surface area (Å²) < 4.78 is 0. The van der Waals surface area contributed by atoms with Gasteiger partial charge in [0, 0.05) is 37.6 Å². The van der Waals surface area contributed by atoms with Crippen molar-refractivity contribution in [3.63, 3.8) is 0 Å². The van der Waals surface area contributed by atoms with Gasteiger partial charge >= 0.3 is 0 Å². The average Bonchev–Trinajstić information content (AvgIpc) is 3.05. The molecule has 1 saturated carbocycles. The maximum Gasteiger partial charge on any atom is 0.147 e. The Labute approximate surface area is 96.1 Å². The lowest BCUT2D eigenvalue weighted by molar-refractivity contribution is 0.568. The average molecular weight is 218 g/mol. The first kappa shape index (κ1) is 10.0. The molecule has 16 heavy (non-hydrogen) atoms. The molecule has 2 heterocycles.